The van der Waals surface area contributed by atoms with Crippen LogP contribution in [0.4, 0.5) is 5.69 Å². The summed E-state index contributed by atoms with van der Waals surface area (Å²) in [5.74, 6) is -0.188. The minimum atomic E-state index is -0.106. The van der Waals surface area contributed by atoms with Crippen LogP contribution in [0.15, 0.2) is 54.0 Å². The molecule has 3 rings (SSSR count). The smallest absolute Gasteiger partial charge is 0.162 e. The number of phenolic OH excluding ortho intramolecular Hbond substituents is 2. The van der Waals surface area contributed by atoms with E-state index in [1.54, 1.807) is 29.7 Å². The predicted molar refractivity (Wildman–Crippen MR) is 84.6 cm³/mol. The summed E-state index contributed by atoms with van der Waals surface area (Å²) < 4.78 is 0. The molecule has 0 bridgehead atoms. The summed E-state index contributed by atoms with van der Waals surface area (Å²) in [6, 6.07) is 12.9. The summed E-state index contributed by atoms with van der Waals surface area (Å²) in [6.45, 7) is 0.432. The maximum Gasteiger partial charge on any atom is 0.162 e. The van der Waals surface area contributed by atoms with E-state index in [1.165, 1.54) is 6.07 Å². The Bertz CT molecular complexity index is 742. The number of nitrogens with one attached hydrogen (secondary N) is 1. The first kappa shape index (κ1) is 13.5. The molecule has 0 radical (unpaired) electrons. The van der Waals surface area contributed by atoms with Crippen LogP contribution in [0.25, 0.3) is 10.6 Å². The molecule has 3 N–H and O–H groups in total. The molecule has 2 aromatic carbocycles. The standard InChI is InChI=1S/C16H14N2O2S/c19-14-6-2-4-12(15(14)20)10-18-13-5-1-3-11(9-13)16-17-7-8-21-16/h1-9,18-20H,10H2. The fourth-order valence-electron chi connectivity index (χ4n) is 2.05. The van der Waals surface area contributed by atoms with Crippen molar-refractivity contribution >= 4 is 17.0 Å². The average molecular weight is 298 g/mol. The molecule has 5 heteroatoms. The second kappa shape index (κ2) is 5.85. The lowest BCUT2D eigenvalue weighted by Gasteiger charge is -2.09. The highest BCUT2D eigenvalue weighted by molar-refractivity contribution is 7.13. The lowest BCUT2D eigenvalue weighted by Crippen LogP contribution is -1.99. The molecule has 0 atom stereocenters. The molecule has 0 aliphatic carbocycles. The van der Waals surface area contributed by atoms with Crippen molar-refractivity contribution in [3.63, 3.8) is 0 Å². The lowest BCUT2D eigenvalue weighted by atomic mass is 10.1. The Kier molecular flexibility index (Phi) is 3.75. The summed E-state index contributed by atoms with van der Waals surface area (Å²) in [7, 11) is 0. The Hall–Kier alpha value is -2.53. The van der Waals surface area contributed by atoms with E-state index in [0.29, 0.717) is 12.1 Å². The van der Waals surface area contributed by atoms with Crippen LogP contribution in [0.5, 0.6) is 11.5 Å². The molecule has 106 valence electrons. The largest absolute Gasteiger partial charge is 0.504 e. The van der Waals surface area contributed by atoms with E-state index in [2.05, 4.69) is 10.3 Å². The quantitative estimate of drug-likeness (QED) is 0.640. The van der Waals surface area contributed by atoms with E-state index in [-0.39, 0.29) is 11.5 Å². The number of phenols is 2. The Labute approximate surface area is 126 Å². The third kappa shape index (κ3) is 2.98. The van der Waals surface area contributed by atoms with Crippen LogP contribution < -0.4 is 5.32 Å². The van der Waals surface area contributed by atoms with Gasteiger partial charge < -0.3 is 15.5 Å². The zero-order valence-corrected chi connectivity index (χ0v) is 12.0. The number of nitrogens with zero attached hydrogens (tertiary/aromatic N) is 1. The maximum absolute atomic E-state index is 9.78. The van der Waals surface area contributed by atoms with Crippen LogP contribution in [0, 0.1) is 0 Å². The van der Waals surface area contributed by atoms with Gasteiger partial charge in [0, 0.05) is 34.9 Å². The van der Waals surface area contributed by atoms with E-state index in [4.69, 9.17) is 0 Å². The van der Waals surface area contributed by atoms with Gasteiger partial charge in [-0.2, -0.15) is 0 Å². The molecule has 1 heterocycles. The minimum absolute atomic E-state index is 0.0823. The number of aromatic hydroxyl groups is 2. The number of rotatable bonds is 4. The molecule has 0 amide bonds. The molecule has 0 fully saturated rings. The number of para-hydroxylation sites is 1. The normalized spacial score (nSPS) is 10.5. The second-order valence-electron chi connectivity index (χ2n) is 4.56. The van der Waals surface area contributed by atoms with E-state index in [1.807, 2.05) is 29.6 Å². The van der Waals surface area contributed by atoms with Gasteiger partial charge in [-0.1, -0.05) is 24.3 Å². The SMILES string of the molecule is Oc1cccc(CNc2cccc(-c3nccs3)c2)c1O. The van der Waals surface area contributed by atoms with E-state index in [0.717, 1.165) is 16.3 Å². The van der Waals surface area contributed by atoms with Gasteiger partial charge in [0.2, 0.25) is 0 Å². The van der Waals surface area contributed by atoms with Gasteiger partial charge in [-0.25, -0.2) is 4.98 Å². The topological polar surface area (TPSA) is 65.4 Å². The van der Waals surface area contributed by atoms with Crippen LogP contribution in [0.1, 0.15) is 5.56 Å². The van der Waals surface area contributed by atoms with Gasteiger partial charge in [-0.05, 0) is 18.2 Å². The molecule has 0 spiro atoms. The second-order valence-corrected chi connectivity index (χ2v) is 5.45. The monoisotopic (exact) mass is 298 g/mol. The Morgan fingerprint density at radius 3 is 2.76 bits per heavy atom. The predicted octanol–water partition coefficient (Wildman–Crippen LogP) is 3.83. The van der Waals surface area contributed by atoms with Gasteiger partial charge in [-0.15, -0.1) is 11.3 Å². The maximum atomic E-state index is 9.78. The molecule has 1 aromatic heterocycles. The molecule has 3 aromatic rings. The van der Waals surface area contributed by atoms with Crippen molar-refractivity contribution < 1.29 is 10.2 Å². The number of hydrogen-bond donors (Lipinski definition) is 3. The zero-order valence-electron chi connectivity index (χ0n) is 11.2. The van der Waals surface area contributed by atoms with Crippen molar-refractivity contribution in [3.05, 3.63) is 59.6 Å². The van der Waals surface area contributed by atoms with Crippen molar-refractivity contribution in [1.82, 2.24) is 4.98 Å². The van der Waals surface area contributed by atoms with Gasteiger partial charge >= 0.3 is 0 Å². The minimum Gasteiger partial charge on any atom is -0.504 e. The van der Waals surface area contributed by atoms with Gasteiger partial charge in [0.05, 0.1) is 0 Å². The van der Waals surface area contributed by atoms with Gasteiger partial charge in [0.25, 0.3) is 0 Å². The fourth-order valence-corrected chi connectivity index (χ4v) is 2.68. The molecular formula is C16H14N2O2S. The molecule has 0 aliphatic rings. The lowest BCUT2D eigenvalue weighted by molar-refractivity contribution is 0.400. The van der Waals surface area contributed by atoms with Crippen molar-refractivity contribution in [1.29, 1.82) is 0 Å². The van der Waals surface area contributed by atoms with Crippen LogP contribution in [-0.2, 0) is 6.54 Å². The molecule has 0 aliphatic heterocycles. The van der Waals surface area contributed by atoms with Crippen LogP contribution in [0.2, 0.25) is 0 Å². The Balaban J connectivity index is 1.77. The Morgan fingerprint density at radius 2 is 1.95 bits per heavy atom. The highest BCUT2D eigenvalue weighted by atomic mass is 32.1. The van der Waals surface area contributed by atoms with Crippen LogP contribution >= 0.6 is 11.3 Å². The number of hydrogen-bond acceptors (Lipinski definition) is 5. The first-order valence-electron chi connectivity index (χ1n) is 6.47. The third-order valence-corrected chi connectivity index (χ3v) is 3.95. The Morgan fingerprint density at radius 1 is 1.10 bits per heavy atom. The summed E-state index contributed by atoms with van der Waals surface area (Å²) in [5, 5.41) is 25.4. The van der Waals surface area contributed by atoms with Crippen molar-refractivity contribution in [2.75, 3.05) is 5.32 Å². The average Bonchev–Trinajstić information content (AvgIpc) is 3.03. The van der Waals surface area contributed by atoms with E-state index in [9.17, 15) is 10.2 Å². The molecule has 4 nitrogen and oxygen atoms in total. The number of thiazole rings is 1. The van der Waals surface area contributed by atoms with Crippen molar-refractivity contribution in [2.24, 2.45) is 0 Å². The van der Waals surface area contributed by atoms with E-state index < -0.39 is 0 Å². The third-order valence-electron chi connectivity index (χ3n) is 3.12. The van der Waals surface area contributed by atoms with Crippen molar-refractivity contribution in [3.8, 4) is 22.1 Å². The van der Waals surface area contributed by atoms with Crippen molar-refractivity contribution in [2.45, 2.75) is 6.54 Å². The molecule has 0 saturated heterocycles. The summed E-state index contributed by atoms with van der Waals surface area (Å²) in [4.78, 5) is 4.29. The van der Waals surface area contributed by atoms with Crippen LogP contribution in [0.3, 0.4) is 0 Å². The first-order chi connectivity index (χ1) is 10.2. The number of benzene rings is 2. The van der Waals surface area contributed by atoms with Gasteiger partial charge in [-0.3, -0.25) is 0 Å². The fraction of sp³-hybridized carbons (Fsp3) is 0.0625. The number of aromatic nitrogens is 1. The highest BCUT2D eigenvalue weighted by Crippen LogP contribution is 2.29. The summed E-state index contributed by atoms with van der Waals surface area (Å²) >= 11 is 1.59. The molecule has 0 unspecified atom stereocenters. The molecule has 21 heavy (non-hydrogen) atoms. The van der Waals surface area contributed by atoms with Gasteiger partial charge in [0.1, 0.15) is 5.01 Å². The first-order valence-corrected chi connectivity index (χ1v) is 7.35. The molecule has 0 saturated carbocycles. The van der Waals surface area contributed by atoms with Crippen LogP contribution in [-0.4, -0.2) is 15.2 Å². The summed E-state index contributed by atoms with van der Waals surface area (Å²) in [5.41, 5.74) is 2.63. The zero-order chi connectivity index (χ0) is 14.7. The highest BCUT2D eigenvalue weighted by Gasteiger charge is 2.06. The number of anilines is 1. The summed E-state index contributed by atoms with van der Waals surface area (Å²) in [6.07, 6.45) is 1.78. The van der Waals surface area contributed by atoms with E-state index >= 15 is 0 Å². The van der Waals surface area contributed by atoms with Gasteiger partial charge in [0.15, 0.2) is 11.5 Å². The molecular weight excluding hydrogens is 284 g/mol.